The van der Waals surface area contributed by atoms with Gasteiger partial charge in [-0.3, -0.25) is 0 Å². The molecule has 13 heavy (non-hydrogen) atoms. The van der Waals surface area contributed by atoms with Crippen LogP contribution in [0.5, 0.6) is 0 Å². The van der Waals surface area contributed by atoms with Crippen molar-refractivity contribution in [2.75, 3.05) is 6.61 Å². The van der Waals surface area contributed by atoms with Crippen molar-refractivity contribution in [3.8, 4) is 0 Å². The van der Waals surface area contributed by atoms with Crippen LogP contribution in [0, 0.1) is 17.8 Å². The molecule has 1 heterocycles. The van der Waals surface area contributed by atoms with E-state index >= 15 is 0 Å². The lowest BCUT2D eigenvalue weighted by atomic mass is 9.71. The highest BCUT2D eigenvalue weighted by Gasteiger charge is 2.41. The molecule has 1 aliphatic rings. The van der Waals surface area contributed by atoms with Crippen LogP contribution in [0.3, 0.4) is 0 Å². The van der Waals surface area contributed by atoms with Crippen LogP contribution in [0.15, 0.2) is 12.7 Å². The van der Waals surface area contributed by atoms with Crippen LogP contribution in [0.4, 0.5) is 0 Å². The zero-order valence-corrected chi connectivity index (χ0v) is 9.34. The molecule has 1 aliphatic heterocycles. The van der Waals surface area contributed by atoms with Crippen molar-refractivity contribution < 1.29 is 4.74 Å². The maximum atomic E-state index is 5.94. The van der Waals surface area contributed by atoms with E-state index in [1.54, 1.807) is 0 Å². The van der Waals surface area contributed by atoms with E-state index in [2.05, 4.69) is 34.3 Å². The van der Waals surface area contributed by atoms with Gasteiger partial charge >= 0.3 is 0 Å². The Kier molecular flexibility index (Phi) is 3.18. The summed E-state index contributed by atoms with van der Waals surface area (Å²) in [6, 6.07) is 0. The Bertz CT molecular complexity index is 188. The fraction of sp³-hybridized carbons (Fsp3) is 0.833. The van der Waals surface area contributed by atoms with Gasteiger partial charge in [0.1, 0.15) is 0 Å². The van der Waals surface area contributed by atoms with Gasteiger partial charge in [0.15, 0.2) is 0 Å². The second kappa shape index (κ2) is 3.83. The summed E-state index contributed by atoms with van der Waals surface area (Å²) in [6.07, 6.45) is 3.04. The molecule has 1 saturated heterocycles. The first kappa shape index (κ1) is 10.8. The van der Waals surface area contributed by atoms with E-state index in [0.29, 0.717) is 11.8 Å². The summed E-state index contributed by atoms with van der Waals surface area (Å²) in [4.78, 5) is 0. The third-order valence-electron chi connectivity index (χ3n) is 3.97. The maximum absolute atomic E-state index is 5.94. The zero-order valence-electron chi connectivity index (χ0n) is 9.34. The molecule has 0 aromatic carbocycles. The number of hydrogen-bond acceptors (Lipinski definition) is 1. The van der Waals surface area contributed by atoms with Crippen LogP contribution >= 0.6 is 0 Å². The van der Waals surface area contributed by atoms with Gasteiger partial charge in [-0.2, -0.15) is 0 Å². The Morgan fingerprint density at radius 2 is 2.08 bits per heavy atom. The number of hydrogen-bond donors (Lipinski definition) is 0. The summed E-state index contributed by atoms with van der Waals surface area (Å²) in [5.74, 6) is 1.99. The summed E-state index contributed by atoms with van der Waals surface area (Å²) >= 11 is 0. The highest BCUT2D eigenvalue weighted by molar-refractivity contribution is 5.04. The predicted molar refractivity (Wildman–Crippen MR) is 56.7 cm³/mol. The molecule has 0 bridgehead atoms. The Morgan fingerprint density at radius 1 is 1.46 bits per heavy atom. The molecule has 0 spiro atoms. The smallest absolute Gasteiger partial charge is 0.0885 e. The molecule has 1 rings (SSSR count). The van der Waals surface area contributed by atoms with Gasteiger partial charge in [0.2, 0.25) is 0 Å². The van der Waals surface area contributed by atoms with Gasteiger partial charge in [-0.05, 0) is 24.2 Å². The van der Waals surface area contributed by atoms with E-state index in [-0.39, 0.29) is 5.60 Å². The quantitative estimate of drug-likeness (QED) is 0.596. The van der Waals surface area contributed by atoms with E-state index < -0.39 is 0 Å². The first-order valence-corrected chi connectivity index (χ1v) is 5.35. The molecule has 1 fully saturated rings. The van der Waals surface area contributed by atoms with Gasteiger partial charge in [0.05, 0.1) is 12.2 Å². The van der Waals surface area contributed by atoms with Crippen LogP contribution in [0.1, 0.15) is 34.1 Å². The largest absolute Gasteiger partial charge is 0.370 e. The monoisotopic (exact) mass is 182 g/mol. The molecule has 4 atom stereocenters. The predicted octanol–water partition coefficient (Wildman–Crippen LogP) is 3.26. The Morgan fingerprint density at radius 3 is 2.54 bits per heavy atom. The van der Waals surface area contributed by atoms with Gasteiger partial charge in [0, 0.05) is 0 Å². The van der Waals surface area contributed by atoms with Crippen molar-refractivity contribution in [2.45, 2.75) is 39.7 Å². The minimum absolute atomic E-state index is 0.0636. The van der Waals surface area contributed by atoms with Gasteiger partial charge < -0.3 is 4.74 Å². The lowest BCUT2D eigenvalue weighted by Crippen LogP contribution is -2.47. The normalized spacial score (nSPS) is 46.0. The standard InChI is InChI=1S/C12H22O/c1-6-12(7-2)11(5)10(4)9(3)8-13-12/h6,9-11H,1,7-8H2,2-5H3. The van der Waals surface area contributed by atoms with E-state index in [9.17, 15) is 0 Å². The Hall–Kier alpha value is -0.300. The van der Waals surface area contributed by atoms with Gasteiger partial charge in [-0.1, -0.05) is 33.8 Å². The summed E-state index contributed by atoms with van der Waals surface area (Å²) in [7, 11) is 0. The third kappa shape index (κ3) is 1.67. The van der Waals surface area contributed by atoms with Crippen LogP contribution in [-0.2, 0) is 4.74 Å². The number of rotatable bonds is 2. The average molecular weight is 182 g/mol. The molecule has 0 amide bonds. The van der Waals surface area contributed by atoms with Crippen LogP contribution in [0.2, 0.25) is 0 Å². The summed E-state index contributed by atoms with van der Waals surface area (Å²) < 4.78 is 5.94. The molecule has 1 nitrogen and oxygen atoms in total. The molecule has 0 aliphatic carbocycles. The van der Waals surface area contributed by atoms with E-state index in [1.165, 1.54) is 0 Å². The first-order valence-electron chi connectivity index (χ1n) is 5.35. The van der Waals surface area contributed by atoms with Crippen molar-refractivity contribution in [2.24, 2.45) is 17.8 Å². The van der Waals surface area contributed by atoms with Crippen molar-refractivity contribution in [3.05, 3.63) is 12.7 Å². The summed E-state index contributed by atoms with van der Waals surface area (Å²) in [6.45, 7) is 13.9. The summed E-state index contributed by atoms with van der Waals surface area (Å²) in [5, 5.41) is 0. The lowest BCUT2D eigenvalue weighted by molar-refractivity contribution is -0.128. The van der Waals surface area contributed by atoms with E-state index in [4.69, 9.17) is 4.74 Å². The fourth-order valence-electron chi connectivity index (χ4n) is 2.32. The van der Waals surface area contributed by atoms with E-state index in [1.807, 2.05) is 6.08 Å². The second-order valence-electron chi connectivity index (χ2n) is 4.45. The molecule has 0 saturated carbocycles. The number of ether oxygens (including phenoxy) is 1. The van der Waals surface area contributed by atoms with E-state index in [0.717, 1.165) is 18.9 Å². The molecule has 0 N–H and O–H groups in total. The molecular weight excluding hydrogens is 160 g/mol. The van der Waals surface area contributed by atoms with Crippen molar-refractivity contribution in [3.63, 3.8) is 0 Å². The molecule has 76 valence electrons. The van der Waals surface area contributed by atoms with Gasteiger partial charge in [-0.25, -0.2) is 0 Å². The molecular formula is C12H22O. The molecule has 0 aromatic rings. The Balaban J connectivity index is 2.83. The fourth-order valence-corrected chi connectivity index (χ4v) is 2.32. The maximum Gasteiger partial charge on any atom is 0.0885 e. The first-order chi connectivity index (χ1) is 6.07. The minimum Gasteiger partial charge on any atom is -0.370 e. The van der Waals surface area contributed by atoms with Crippen LogP contribution in [-0.4, -0.2) is 12.2 Å². The highest BCUT2D eigenvalue weighted by Crippen LogP contribution is 2.40. The minimum atomic E-state index is -0.0636. The van der Waals surface area contributed by atoms with Gasteiger partial charge in [-0.15, -0.1) is 6.58 Å². The van der Waals surface area contributed by atoms with Crippen LogP contribution in [0.25, 0.3) is 0 Å². The van der Waals surface area contributed by atoms with Crippen molar-refractivity contribution in [1.82, 2.24) is 0 Å². The molecule has 0 radical (unpaired) electrons. The third-order valence-corrected chi connectivity index (χ3v) is 3.97. The zero-order chi connectivity index (χ0) is 10.1. The van der Waals surface area contributed by atoms with Crippen LogP contribution < -0.4 is 0 Å². The average Bonchev–Trinajstić information content (AvgIpc) is 2.16. The SMILES string of the molecule is C=CC1(CC)OCC(C)C(C)C1C. The van der Waals surface area contributed by atoms with Crippen molar-refractivity contribution in [1.29, 1.82) is 0 Å². The second-order valence-corrected chi connectivity index (χ2v) is 4.45. The molecule has 4 unspecified atom stereocenters. The van der Waals surface area contributed by atoms with Gasteiger partial charge in [0.25, 0.3) is 0 Å². The topological polar surface area (TPSA) is 9.23 Å². The lowest BCUT2D eigenvalue weighted by Gasteiger charge is -2.46. The summed E-state index contributed by atoms with van der Waals surface area (Å²) in [5.41, 5.74) is -0.0636. The van der Waals surface area contributed by atoms with Crippen molar-refractivity contribution >= 4 is 0 Å². The molecule has 0 aromatic heterocycles. The highest BCUT2D eigenvalue weighted by atomic mass is 16.5. The Labute approximate surface area is 82.2 Å². The molecule has 1 heteroatoms.